The van der Waals surface area contributed by atoms with Gasteiger partial charge >= 0.3 is 10.2 Å². The molecule has 0 amide bonds. The van der Waals surface area contributed by atoms with Crippen molar-refractivity contribution in [3.63, 3.8) is 0 Å². The Kier molecular flexibility index (Phi) is 3.34. The van der Waals surface area contributed by atoms with Crippen LogP contribution in [0, 0.1) is 0 Å². The highest BCUT2D eigenvalue weighted by Crippen LogP contribution is 3.02. The molecule has 0 heterocycles. The van der Waals surface area contributed by atoms with Crippen molar-refractivity contribution >= 4 is 10.2 Å². The average Bonchev–Trinajstić information content (AvgIpc) is 2.37. The Labute approximate surface area is 118 Å². The quantitative estimate of drug-likeness (QED) is 0.724. The predicted octanol–water partition coefficient (Wildman–Crippen LogP) is 5.62. The lowest BCUT2D eigenvalue weighted by Crippen LogP contribution is -2.07. The van der Waals surface area contributed by atoms with E-state index in [0.29, 0.717) is 17.7 Å². The fraction of sp³-hybridized carbons (Fsp3) is 0.143. The molecule has 1 N–H and O–H groups in total. The Bertz CT molecular complexity index is 639. The number of hydrogen-bond acceptors (Lipinski definition) is 1. The Morgan fingerprint density at radius 3 is 2.05 bits per heavy atom. The molecule has 0 radical (unpaired) electrons. The molecular formula is C14H13F5OS. The van der Waals surface area contributed by atoms with Crippen molar-refractivity contribution < 1.29 is 24.5 Å². The Balaban J connectivity index is 2.28. The van der Waals surface area contributed by atoms with Gasteiger partial charge in [0.1, 0.15) is 4.90 Å². The summed E-state index contributed by atoms with van der Waals surface area (Å²) in [6.07, 6.45) is -1.23. The standard InChI is InChI=1S/C14H13F5OS/c15-21(16,17,18,19)13-8-4-5-11(9-13)10-14(20)12-6-2-1-3-7-12/h1-9,14,20H,10H2. The van der Waals surface area contributed by atoms with E-state index in [1.807, 2.05) is 0 Å². The van der Waals surface area contributed by atoms with Crippen LogP contribution in [-0.2, 0) is 6.42 Å². The molecular weight excluding hydrogens is 311 g/mol. The highest BCUT2D eigenvalue weighted by atomic mass is 32.5. The Hall–Kier alpha value is -1.60. The van der Waals surface area contributed by atoms with Gasteiger partial charge in [-0.1, -0.05) is 61.9 Å². The van der Waals surface area contributed by atoms with Gasteiger partial charge in [-0.05, 0) is 23.3 Å². The molecule has 0 aliphatic rings. The van der Waals surface area contributed by atoms with E-state index >= 15 is 0 Å². The minimum Gasteiger partial charge on any atom is -0.388 e. The summed E-state index contributed by atoms with van der Waals surface area (Å²) in [6.45, 7) is 0. The van der Waals surface area contributed by atoms with E-state index in [2.05, 4.69) is 0 Å². The third-order valence-electron chi connectivity index (χ3n) is 2.96. The first-order valence-electron chi connectivity index (χ1n) is 6.02. The fourth-order valence-corrected chi connectivity index (χ4v) is 2.64. The molecule has 1 atom stereocenters. The molecule has 2 aromatic rings. The van der Waals surface area contributed by atoms with E-state index in [1.54, 1.807) is 30.3 Å². The van der Waals surface area contributed by atoms with E-state index < -0.39 is 21.2 Å². The van der Waals surface area contributed by atoms with Crippen LogP contribution in [0.2, 0.25) is 0 Å². The summed E-state index contributed by atoms with van der Waals surface area (Å²) >= 11 is 0. The van der Waals surface area contributed by atoms with Gasteiger partial charge in [-0.15, -0.1) is 0 Å². The summed E-state index contributed by atoms with van der Waals surface area (Å²) in [6, 6.07) is 11.2. The van der Waals surface area contributed by atoms with Crippen LogP contribution in [0.3, 0.4) is 0 Å². The maximum Gasteiger partial charge on any atom is 0.310 e. The maximum absolute atomic E-state index is 12.7. The van der Waals surface area contributed by atoms with Crippen LogP contribution >= 0.6 is 10.2 Å². The molecule has 21 heavy (non-hydrogen) atoms. The van der Waals surface area contributed by atoms with E-state index in [4.69, 9.17) is 0 Å². The van der Waals surface area contributed by atoms with E-state index in [1.165, 1.54) is 6.07 Å². The Morgan fingerprint density at radius 2 is 1.48 bits per heavy atom. The van der Waals surface area contributed by atoms with Crippen LogP contribution in [0.5, 0.6) is 0 Å². The summed E-state index contributed by atoms with van der Waals surface area (Å²) < 4.78 is 63.6. The van der Waals surface area contributed by atoms with Gasteiger partial charge in [0.2, 0.25) is 0 Å². The molecule has 0 aliphatic heterocycles. The number of halogens is 5. The average molecular weight is 324 g/mol. The molecule has 2 aromatic carbocycles. The SMILES string of the molecule is OC(Cc1cccc(S(F)(F)(F)(F)F)c1)c1ccccc1. The zero-order valence-corrected chi connectivity index (χ0v) is 11.5. The van der Waals surface area contributed by atoms with Crippen LogP contribution in [0.1, 0.15) is 17.2 Å². The minimum atomic E-state index is -9.68. The van der Waals surface area contributed by atoms with E-state index in [-0.39, 0.29) is 12.0 Å². The third kappa shape index (κ3) is 4.18. The van der Waals surface area contributed by atoms with Crippen LogP contribution in [0.15, 0.2) is 59.5 Å². The van der Waals surface area contributed by atoms with Crippen molar-refractivity contribution in [1.82, 2.24) is 0 Å². The van der Waals surface area contributed by atoms with E-state index in [9.17, 15) is 24.5 Å². The molecule has 116 valence electrons. The molecule has 0 fully saturated rings. The summed E-state index contributed by atoms with van der Waals surface area (Å²) in [5.74, 6) is 0. The molecule has 2 rings (SSSR count). The molecule has 0 aliphatic carbocycles. The Morgan fingerprint density at radius 1 is 0.857 bits per heavy atom. The van der Waals surface area contributed by atoms with Crippen molar-refractivity contribution in [2.45, 2.75) is 17.4 Å². The van der Waals surface area contributed by atoms with Gasteiger partial charge < -0.3 is 5.11 Å². The lowest BCUT2D eigenvalue weighted by molar-refractivity contribution is 0.178. The fourth-order valence-electron chi connectivity index (χ4n) is 1.93. The van der Waals surface area contributed by atoms with Gasteiger partial charge in [0.25, 0.3) is 0 Å². The molecule has 7 heteroatoms. The topological polar surface area (TPSA) is 20.2 Å². The molecule has 0 saturated carbocycles. The van der Waals surface area contributed by atoms with Gasteiger partial charge in [-0.3, -0.25) is 0 Å². The van der Waals surface area contributed by atoms with Crippen LogP contribution in [-0.4, -0.2) is 5.11 Å². The van der Waals surface area contributed by atoms with Gasteiger partial charge in [-0.25, -0.2) is 0 Å². The van der Waals surface area contributed by atoms with Gasteiger partial charge in [0, 0.05) is 6.42 Å². The lowest BCUT2D eigenvalue weighted by atomic mass is 10.0. The maximum atomic E-state index is 12.7. The van der Waals surface area contributed by atoms with Crippen molar-refractivity contribution in [3.05, 3.63) is 65.7 Å². The number of aliphatic hydroxyl groups excluding tert-OH is 1. The van der Waals surface area contributed by atoms with Gasteiger partial charge in [0.05, 0.1) is 6.10 Å². The monoisotopic (exact) mass is 324 g/mol. The molecule has 0 aromatic heterocycles. The normalized spacial score (nSPS) is 16.9. The van der Waals surface area contributed by atoms with Crippen molar-refractivity contribution in [2.75, 3.05) is 0 Å². The number of benzene rings is 2. The molecule has 0 spiro atoms. The second kappa shape index (κ2) is 4.45. The summed E-state index contributed by atoms with van der Waals surface area (Å²) in [5.41, 5.74) is 0.507. The van der Waals surface area contributed by atoms with Gasteiger partial charge in [-0.2, -0.15) is 0 Å². The zero-order chi connectivity index (χ0) is 15.8. The first-order valence-corrected chi connectivity index (χ1v) is 7.97. The number of hydrogen-bond donors (Lipinski definition) is 1. The van der Waals surface area contributed by atoms with Crippen molar-refractivity contribution in [1.29, 1.82) is 0 Å². The molecule has 0 saturated heterocycles. The van der Waals surface area contributed by atoms with Crippen molar-refractivity contribution in [2.24, 2.45) is 0 Å². The first kappa shape index (κ1) is 15.8. The zero-order valence-electron chi connectivity index (χ0n) is 10.7. The number of aliphatic hydroxyl groups is 1. The van der Waals surface area contributed by atoms with Crippen molar-refractivity contribution in [3.8, 4) is 0 Å². The summed E-state index contributed by atoms with van der Waals surface area (Å²) in [5, 5.41) is 9.94. The van der Waals surface area contributed by atoms with Gasteiger partial charge in [0.15, 0.2) is 0 Å². The lowest BCUT2D eigenvalue weighted by Gasteiger charge is -2.40. The number of rotatable bonds is 4. The van der Waals surface area contributed by atoms with Crippen LogP contribution < -0.4 is 0 Å². The first-order chi connectivity index (χ1) is 9.45. The van der Waals surface area contributed by atoms with E-state index in [0.717, 1.165) is 6.07 Å². The second-order valence-corrected chi connectivity index (χ2v) is 7.16. The molecule has 1 nitrogen and oxygen atoms in total. The molecule has 1 unspecified atom stereocenters. The summed E-state index contributed by atoms with van der Waals surface area (Å²) in [7, 11) is -9.68. The highest BCUT2D eigenvalue weighted by molar-refractivity contribution is 8.45. The second-order valence-electron chi connectivity index (χ2n) is 4.75. The largest absolute Gasteiger partial charge is 0.388 e. The van der Waals surface area contributed by atoms with Crippen LogP contribution in [0.4, 0.5) is 19.4 Å². The minimum absolute atomic E-state index is 0.00268. The smallest absolute Gasteiger partial charge is 0.310 e. The predicted molar refractivity (Wildman–Crippen MR) is 72.9 cm³/mol. The summed E-state index contributed by atoms with van der Waals surface area (Å²) in [4.78, 5) is -1.94. The third-order valence-corrected chi connectivity index (χ3v) is 4.10. The molecule has 0 bridgehead atoms. The van der Waals surface area contributed by atoms with Crippen LogP contribution in [0.25, 0.3) is 0 Å². The highest BCUT2D eigenvalue weighted by Gasteiger charge is 2.65.